The molecule has 0 radical (unpaired) electrons. The van der Waals surface area contributed by atoms with Gasteiger partial charge in [0.15, 0.2) is 0 Å². The minimum absolute atomic E-state index is 0.0689. The molecule has 0 fully saturated rings. The zero-order chi connectivity index (χ0) is 23.7. The van der Waals surface area contributed by atoms with E-state index in [-0.39, 0.29) is 24.3 Å². The lowest BCUT2D eigenvalue weighted by molar-refractivity contribution is -0.0356. The van der Waals surface area contributed by atoms with E-state index in [0.29, 0.717) is 13.1 Å². The fraction of sp³-hybridized carbons (Fsp3) is 0.571. The van der Waals surface area contributed by atoms with Crippen LogP contribution in [0, 0.1) is 0 Å². The molecule has 2 aromatic rings. The summed E-state index contributed by atoms with van der Waals surface area (Å²) in [5.74, 6) is 0. The van der Waals surface area contributed by atoms with Crippen LogP contribution in [0.5, 0.6) is 0 Å². The zero-order valence-electron chi connectivity index (χ0n) is 20.3. The van der Waals surface area contributed by atoms with Crippen LogP contribution in [0.3, 0.4) is 0 Å². The predicted molar refractivity (Wildman–Crippen MR) is 140 cm³/mol. The third kappa shape index (κ3) is 12.3. The van der Waals surface area contributed by atoms with E-state index in [1.165, 1.54) is 11.1 Å². The van der Waals surface area contributed by atoms with Crippen molar-refractivity contribution in [2.75, 3.05) is 13.1 Å². The summed E-state index contributed by atoms with van der Waals surface area (Å²) in [6.07, 6.45) is 9.84. The number of rotatable bonds is 18. The average molecular weight is 455 g/mol. The third-order valence-corrected chi connectivity index (χ3v) is 6.26. The van der Waals surface area contributed by atoms with Gasteiger partial charge in [-0.3, -0.25) is 0 Å². The Balaban J connectivity index is 1.96. The van der Waals surface area contributed by atoms with Gasteiger partial charge in [-0.05, 0) is 88.4 Å². The minimum Gasteiger partial charge on any atom is -0.375 e. The van der Waals surface area contributed by atoms with E-state index >= 15 is 0 Å². The Morgan fingerprint density at radius 1 is 0.576 bits per heavy atom. The van der Waals surface area contributed by atoms with Crippen molar-refractivity contribution in [2.24, 2.45) is 22.9 Å². The molecular weight excluding hydrogens is 408 g/mol. The average Bonchev–Trinajstić information content (AvgIpc) is 2.80. The molecule has 184 valence electrons. The van der Waals surface area contributed by atoms with Crippen LogP contribution < -0.4 is 22.9 Å². The van der Waals surface area contributed by atoms with E-state index in [4.69, 9.17) is 27.7 Å². The summed E-state index contributed by atoms with van der Waals surface area (Å²) < 4.78 is 6.72. The van der Waals surface area contributed by atoms with Crippen molar-refractivity contribution < 1.29 is 4.74 Å². The van der Waals surface area contributed by atoms with E-state index in [1.807, 2.05) is 0 Å². The minimum atomic E-state index is 0.0689. The number of nitrogens with two attached hydrogens (primary N) is 4. The molecule has 0 amide bonds. The molecule has 0 spiro atoms. The SMILES string of the molecule is NCCC(N)CC(CCCc1ccccc1)OC(CCCc1ccccc1)CC(N)CCN. The van der Waals surface area contributed by atoms with Gasteiger partial charge in [0, 0.05) is 12.1 Å². The molecular formula is C28H46N4O. The van der Waals surface area contributed by atoms with Crippen LogP contribution in [0.25, 0.3) is 0 Å². The first-order valence-electron chi connectivity index (χ1n) is 12.7. The lowest BCUT2D eigenvalue weighted by Crippen LogP contribution is -2.35. The number of aryl methyl sites for hydroxylation is 2. The fourth-order valence-electron chi connectivity index (χ4n) is 4.45. The number of benzene rings is 2. The second-order valence-electron chi connectivity index (χ2n) is 9.28. The smallest absolute Gasteiger partial charge is 0.0593 e. The number of ether oxygens (including phenoxy) is 1. The van der Waals surface area contributed by atoms with E-state index in [0.717, 1.165) is 64.2 Å². The molecule has 5 heteroatoms. The highest BCUT2D eigenvalue weighted by Crippen LogP contribution is 2.21. The topological polar surface area (TPSA) is 113 Å². The van der Waals surface area contributed by atoms with Gasteiger partial charge < -0.3 is 27.7 Å². The van der Waals surface area contributed by atoms with Crippen molar-refractivity contribution in [3.63, 3.8) is 0 Å². The molecule has 0 saturated carbocycles. The second kappa shape index (κ2) is 16.8. The van der Waals surface area contributed by atoms with E-state index in [9.17, 15) is 0 Å². The summed E-state index contributed by atoms with van der Waals surface area (Å²) in [4.78, 5) is 0. The van der Waals surface area contributed by atoms with Crippen LogP contribution >= 0.6 is 0 Å². The maximum absolute atomic E-state index is 6.72. The van der Waals surface area contributed by atoms with Crippen molar-refractivity contribution in [1.82, 2.24) is 0 Å². The first-order valence-corrected chi connectivity index (χ1v) is 12.7. The normalized spacial score (nSPS) is 15.2. The van der Waals surface area contributed by atoms with Gasteiger partial charge in [-0.1, -0.05) is 60.7 Å². The first-order chi connectivity index (χ1) is 16.1. The predicted octanol–water partition coefficient (Wildman–Crippen LogP) is 3.92. The van der Waals surface area contributed by atoms with Crippen LogP contribution in [-0.2, 0) is 17.6 Å². The van der Waals surface area contributed by atoms with E-state index in [2.05, 4.69) is 60.7 Å². The highest BCUT2D eigenvalue weighted by Gasteiger charge is 2.21. The monoisotopic (exact) mass is 454 g/mol. The molecule has 0 aliphatic carbocycles. The van der Waals surface area contributed by atoms with Crippen molar-refractivity contribution in [2.45, 2.75) is 88.5 Å². The maximum atomic E-state index is 6.72. The highest BCUT2D eigenvalue weighted by molar-refractivity contribution is 5.15. The summed E-state index contributed by atoms with van der Waals surface area (Å²) in [6, 6.07) is 21.4. The van der Waals surface area contributed by atoms with Gasteiger partial charge in [0.2, 0.25) is 0 Å². The molecule has 0 bridgehead atoms. The quantitative estimate of drug-likeness (QED) is 0.273. The van der Waals surface area contributed by atoms with Gasteiger partial charge in [-0.25, -0.2) is 0 Å². The Bertz CT molecular complexity index is 651. The summed E-state index contributed by atoms with van der Waals surface area (Å²) >= 11 is 0. The van der Waals surface area contributed by atoms with Gasteiger partial charge in [0.25, 0.3) is 0 Å². The van der Waals surface area contributed by atoms with Gasteiger partial charge in [-0.2, -0.15) is 0 Å². The van der Waals surface area contributed by atoms with E-state index < -0.39 is 0 Å². The number of hydrogen-bond donors (Lipinski definition) is 4. The Labute approximate surface area is 201 Å². The highest BCUT2D eigenvalue weighted by atomic mass is 16.5. The summed E-state index contributed by atoms with van der Waals surface area (Å²) in [6.45, 7) is 1.22. The Hall–Kier alpha value is -1.76. The zero-order valence-corrected chi connectivity index (χ0v) is 20.3. The molecule has 0 saturated heterocycles. The molecule has 2 aromatic carbocycles. The lowest BCUT2D eigenvalue weighted by atomic mass is 9.97. The molecule has 33 heavy (non-hydrogen) atoms. The molecule has 0 heterocycles. The van der Waals surface area contributed by atoms with Crippen LogP contribution in [0.15, 0.2) is 60.7 Å². The van der Waals surface area contributed by atoms with Gasteiger partial charge in [0.05, 0.1) is 12.2 Å². The molecule has 8 N–H and O–H groups in total. The molecule has 0 aliphatic rings. The molecule has 4 unspecified atom stereocenters. The van der Waals surface area contributed by atoms with Crippen LogP contribution in [0.1, 0.15) is 62.5 Å². The fourth-order valence-corrected chi connectivity index (χ4v) is 4.45. The van der Waals surface area contributed by atoms with E-state index in [1.54, 1.807) is 0 Å². The molecule has 0 aromatic heterocycles. The summed E-state index contributed by atoms with van der Waals surface area (Å²) in [7, 11) is 0. The van der Waals surface area contributed by atoms with Gasteiger partial charge >= 0.3 is 0 Å². The van der Waals surface area contributed by atoms with Crippen molar-refractivity contribution >= 4 is 0 Å². The standard InChI is InChI=1S/C28H46N4O/c29-19-17-25(31)21-27(15-7-13-23-9-3-1-4-10-23)33-28(22-26(32)18-20-30)16-8-14-24-11-5-2-6-12-24/h1-6,9-12,25-28H,7-8,13-22,29-32H2. The molecule has 4 atom stereocenters. The molecule has 0 aliphatic heterocycles. The maximum Gasteiger partial charge on any atom is 0.0593 e. The van der Waals surface area contributed by atoms with Crippen molar-refractivity contribution in [3.05, 3.63) is 71.8 Å². The Morgan fingerprint density at radius 2 is 0.970 bits per heavy atom. The van der Waals surface area contributed by atoms with Crippen molar-refractivity contribution in [1.29, 1.82) is 0 Å². The van der Waals surface area contributed by atoms with Crippen LogP contribution in [-0.4, -0.2) is 37.4 Å². The Kier molecular flexibility index (Phi) is 14.0. The first kappa shape index (κ1) is 27.5. The third-order valence-electron chi connectivity index (χ3n) is 6.26. The van der Waals surface area contributed by atoms with Crippen LogP contribution in [0.2, 0.25) is 0 Å². The van der Waals surface area contributed by atoms with Gasteiger partial charge in [-0.15, -0.1) is 0 Å². The second-order valence-corrected chi connectivity index (χ2v) is 9.28. The molecule has 2 rings (SSSR count). The van der Waals surface area contributed by atoms with Crippen molar-refractivity contribution in [3.8, 4) is 0 Å². The lowest BCUT2D eigenvalue weighted by Gasteiger charge is -2.29. The summed E-state index contributed by atoms with van der Waals surface area (Å²) in [5.41, 5.74) is 27.0. The molecule has 5 nitrogen and oxygen atoms in total. The van der Waals surface area contributed by atoms with Crippen LogP contribution in [0.4, 0.5) is 0 Å². The van der Waals surface area contributed by atoms with Gasteiger partial charge in [0.1, 0.15) is 0 Å². The number of hydrogen-bond acceptors (Lipinski definition) is 5. The largest absolute Gasteiger partial charge is 0.375 e. The Morgan fingerprint density at radius 3 is 1.33 bits per heavy atom. The summed E-state index contributed by atoms with van der Waals surface area (Å²) in [5, 5.41) is 0.